The number of aromatic nitrogens is 4. The van der Waals surface area contributed by atoms with E-state index in [1.54, 1.807) is 35.4 Å². The molecule has 0 radical (unpaired) electrons. The molecule has 39 heavy (non-hydrogen) atoms. The van der Waals surface area contributed by atoms with Crippen LogP contribution < -0.4 is 9.61 Å². The second-order valence-electron chi connectivity index (χ2n) is 10.4. The Morgan fingerprint density at radius 1 is 1.18 bits per heavy atom. The van der Waals surface area contributed by atoms with Crippen LogP contribution in [-0.4, -0.2) is 54.4 Å². The molecule has 0 amide bonds. The van der Waals surface area contributed by atoms with Crippen LogP contribution in [0.25, 0.3) is 16.0 Å². The summed E-state index contributed by atoms with van der Waals surface area (Å²) >= 11 is 1.24. The van der Waals surface area contributed by atoms with Crippen molar-refractivity contribution in [1.82, 2.24) is 19.3 Å². The van der Waals surface area contributed by atoms with Crippen molar-refractivity contribution < 1.29 is 19.0 Å². The Hall–Kier alpha value is -3.28. The van der Waals surface area contributed by atoms with E-state index in [2.05, 4.69) is 31.1 Å². The van der Waals surface area contributed by atoms with E-state index in [0.717, 1.165) is 27.5 Å². The van der Waals surface area contributed by atoms with Crippen LogP contribution >= 0.6 is 11.3 Å². The molecule has 1 atom stereocenters. The number of rotatable bonds is 12. The van der Waals surface area contributed by atoms with E-state index >= 15 is 0 Å². The summed E-state index contributed by atoms with van der Waals surface area (Å²) in [6.07, 6.45) is 3.49. The van der Waals surface area contributed by atoms with Gasteiger partial charge in [0.15, 0.2) is 5.82 Å². The quantitative estimate of drug-likeness (QED) is 0.133. The molecule has 3 aromatic heterocycles. The Balaban J connectivity index is 1.43. The van der Waals surface area contributed by atoms with Crippen LogP contribution in [0.1, 0.15) is 37.9 Å². The summed E-state index contributed by atoms with van der Waals surface area (Å²) in [7, 11) is 1.03. The summed E-state index contributed by atoms with van der Waals surface area (Å²) in [6, 6.07) is 12.8. The van der Waals surface area contributed by atoms with Crippen molar-refractivity contribution >= 4 is 36.3 Å². The molecule has 0 fully saturated rings. The number of carbonyl (C=O) groups excluding carboxylic acids is 1. The number of nitrogens with zero attached hydrogens (tertiary/aromatic N) is 4. The van der Waals surface area contributed by atoms with Gasteiger partial charge in [0.05, 0.1) is 60.4 Å². The lowest BCUT2D eigenvalue weighted by molar-refractivity contribution is -0.152. The first-order valence-electron chi connectivity index (χ1n) is 12.8. The van der Waals surface area contributed by atoms with Gasteiger partial charge in [-0.05, 0) is 49.7 Å². The van der Waals surface area contributed by atoms with Crippen molar-refractivity contribution in [2.45, 2.75) is 52.6 Å². The fourth-order valence-corrected chi connectivity index (χ4v) is 5.45. The second-order valence-corrected chi connectivity index (χ2v) is 14.3. The SMILES string of the molecule is COC(=O)C(C)(C)COc1ccc(-n2ccc(C(C)c3ccc4c(c3)sc(=O)n4COCC[Si+](C)C)n2)nc1. The minimum Gasteiger partial charge on any atom is -0.491 e. The molecule has 1 unspecified atom stereocenters. The highest BCUT2D eigenvalue weighted by Crippen LogP contribution is 2.28. The fraction of sp³-hybridized carbons (Fsp3) is 0.429. The molecule has 9 nitrogen and oxygen atoms in total. The molecule has 4 rings (SSSR count). The van der Waals surface area contributed by atoms with Gasteiger partial charge in [-0.1, -0.05) is 24.3 Å². The molecular formula is C28H35N4O5SSi+. The van der Waals surface area contributed by atoms with Crippen molar-refractivity contribution in [3.8, 4) is 11.6 Å². The molecular weight excluding hydrogens is 532 g/mol. The van der Waals surface area contributed by atoms with Crippen LogP contribution in [0.3, 0.4) is 0 Å². The summed E-state index contributed by atoms with van der Waals surface area (Å²) in [5.41, 5.74) is 2.11. The van der Waals surface area contributed by atoms with Crippen LogP contribution in [0, 0.1) is 5.41 Å². The third-order valence-electron chi connectivity index (χ3n) is 6.51. The number of carbonyl (C=O) groups is 1. The molecule has 4 aromatic rings. The maximum Gasteiger partial charge on any atom is 0.314 e. The number of benzene rings is 1. The van der Waals surface area contributed by atoms with Crippen LogP contribution in [0.2, 0.25) is 19.1 Å². The van der Waals surface area contributed by atoms with Gasteiger partial charge < -0.3 is 14.2 Å². The monoisotopic (exact) mass is 567 g/mol. The van der Waals surface area contributed by atoms with Crippen molar-refractivity contribution in [1.29, 1.82) is 0 Å². The molecule has 0 N–H and O–H groups in total. The van der Waals surface area contributed by atoms with Gasteiger partial charge in [0, 0.05) is 12.1 Å². The second kappa shape index (κ2) is 12.3. The molecule has 0 saturated carbocycles. The van der Waals surface area contributed by atoms with Gasteiger partial charge in [0.2, 0.25) is 0 Å². The molecule has 0 aliphatic carbocycles. The zero-order chi connectivity index (χ0) is 28.2. The summed E-state index contributed by atoms with van der Waals surface area (Å²) in [4.78, 5) is 28.9. The number of hydrogen-bond acceptors (Lipinski definition) is 8. The number of hydrogen-bond donors (Lipinski definition) is 0. The Morgan fingerprint density at radius 2 is 1.97 bits per heavy atom. The maximum atomic E-state index is 12.6. The highest BCUT2D eigenvalue weighted by Gasteiger charge is 2.29. The van der Waals surface area contributed by atoms with Gasteiger partial charge in [-0.2, -0.15) is 5.10 Å². The van der Waals surface area contributed by atoms with Crippen LogP contribution in [0.5, 0.6) is 5.75 Å². The molecule has 206 valence electrons. The first kappa shape index (κ1) is 28.7. The number of esters is 1. The van der Waals surface area contributed by atoms with Crippen LogP contribution in [0.15, 0.2) is 53.6 Å². The van der Waals surface area contributed by atoms with Gasteiger partial charge >= 0.3 is 19.6 Å². The predicted octanol–water partition coefficient (Wildman–Crippen LogP) is 5.10. The predicted molar refractivity (Wildman–Crippen MR) is 154 cm³/mol. The Kier molecular flexibility index (Phi) is 9.03. The Labute approximate surface area is 234 Å². The first-order valence-corrected chi connectivity index (χ1v) is 16.3. The highest BCUT2D eigenvalue weighted by atomic mass is 32.1. The molecule has 0 spiro atoms. The average Bonchev–Trinajstić information content (AvgIpc) is 3.53. The van der Waals surface area contributed by atoms with Gasteiger partial charge in [0.1, 0.15) is 19.1 Å². The first-order chi connectivity index (χ1) is 18.6. The number of fused-ring (bicyclic) bond motifs is 1. The number of pyridine rings is 1. The number of methoxy groups -OCH3 is 1. The third-order valence-corrected chi connectivity index (χ3v) is 8.65. The number of ether oxygens (including phenoxy) is 3. The highest BCUT2D eigenvalue weighted by molar-refractivity contribution is 7.16. The third kappa shape index (κ3) is 6.84. The van der Waals surface area contributed by atoms with Gasteiger partial charge in [0.25, 0.3) is 0 Å². The van der Waals surface area contributed by atoms with Crippen molar-refractivity contribution in [3.05, 3.63) is 69.7 Å². The van der Waals surface area contributed by atoms with Gasteiger partial charge in [-0.15, -0.1) is 0 Å². The fourth-order valence-electron chi connectivity index (χ4n) is 3.97. The zero-order valence-electron chi connectivity index (χ0n) is 23.3. The minimum absolute atomic E-state index is 0.00929. The molecule has 3 heterocycles. The topological polar surface area (TPSA) is 97.5 Å². The standard InChI is InChI=1S/C28H35N4O5SSi/c1-19(20-7-9-23-24(15-20)38-27(34)31(23)18-36-13-14-39(5)6)22-11-12-32(30-22)25-10-8-21(16-29-25)37-17-28(2,3)26(33)35-4/h7-12,15-16,19H,13-14,17-18H2,1-6H3/q+1. The van der Waals surface area contributed by atoms with Crippen molar-refractivity contribution in [3.63, 3.8) is 0 Å². The van der Waals surface area contributed by atoms with Crippen molar-refractivity contribution in [2.75, 3.05) is 20.3 Å². The van der Waals surface area contributed by atoms with Gasteiger partial charge in [-0.3, -0.25) is 14.2 Å². The van der Waals surface area contributed by atoms with E-state index in [4.69, 9.17) is 19.3 Å². The smallest absolute Gasteiger partial charge is 0.314 e. The van der Waals surface area contributed by atoms with Gasteiger partial charge in [-0.25, -0.2) is 9.67 Å². The average molecular weight is 568 g/mol. The Morgan fingerprint density at radius 3 is 2.67 bits per heavy atom. The summed E-state index contributed by atoms with van der Waals surface area (Å²) in [5.74, 6) is 0.902. The maximum absolute atomic E-state index is 12.6. The largest absolute Gasteiger partial charge is 0.491 e. The van der Waals surface area contributed by atoms with E-state index in [-0.39, 0.29) is 38.9 Å². The lowest BCUT2D eigenvalue weighted by Crippen LogP contribution is -2.32. The minimum atomic E-state index is -0.760. The lowest BCUT2D eigenvalue weighted by atomic mass is 9.95. The summed E-state index contributed by atoms with van der Waals surface area (Å²) in [6.45, 7) is 11.3. The van der Waals surface area contributed by atoms with Crippen molar-refractivity contribution in [2.24, 2.45) is 5.41 Å². The number of thiazole rings is 1. The van der Waals surface area contributed by atoms with E-state index < -0.39 is 5.41 Å². The molecule has 0 aliphatic heterocycles. The normalized spacial score (nSPS) is 12.5. The van der Waals surface area contributed by atoms with E-state index in [9.17, 15) is 9.59 Å². The molecule has 0 saturated heterocycles. The molecule has 1 aromatic carbocycles. The van der Waals surface area contributed by atoms with E-state index in [1.807, 2.05) is 30.5 Å². The zero-order valence-corrected chi connectivity index (χ0v) is 25.1. The van der Waals surface area contributed by atoms with E-state index in [1.165, 1.54) is 18.4 Å². The van der Waals surface area contributed by atoms with Crippen LogP contribution in [-0.2, 0) is 21.0 Å². The summed E-state index contributed by atoms with van der Waals surface area (Å²) < 4.78 is 20.7. The van der Waals surface area contributed by atoms with E-state index in [0.29, 0.717) is 18.2 Å². The van der Waals surface area contributed by atoms with Crippen LogP contribution in [0.4, 0.5) is 0 Å². The Bertz CT molecular complexity index is 1480. The lowest BCUT2D eigenvalue weighted by Gasteiger charge is -2.21. The summed E-state index contributed by atoms with van der Waals surface area (Å²) in [5, 5.41) is 4.74. The molecule has 11 heteroatoms. The molecule has 0 aliphatic rings. The molecule has 0 bridgehead atoms.